The number of aromatic nitrogens is 3. The molecule has 0 amide bonds. The monoisotopic (exact) mass is 573 g/mol. The third-order valence-corrected chi connectivity index (χ3v) is 6.91. The van der Waals surface area contributed by atoms with E-state index in [4.69, 9.17) is 14.3 Å². The van der Waals surface area contributed by atoms with Gasteiger partial charge in [-0.15, -0.1) is 0 Å². The molecule has 10 nitrogen and oxygen atoms in total. The first-order chi connectivity index (χ1) is 18.5. The molecule has 0 spiro atoms. The molecule has 6 rings (SSSR count). The lowest BCUT2D eigenvalue weighted by atomic mass is 10.0. The lowest BCUT2D eigenvalue weighted by molar-refractivity contribution is -0.384. The van der Waals surface area contributed by atoms with Crippen molar-refractivity contribution < 1.29 is 14.1 Å². The molecule has 0 bridgehead atoms. The number of nitrogens with zero attached hydrogens (tertiary/aromatic N) is 5. The van der Waals surface area contributed by atoms with Crippen molar-refractivity contribution in [2.75, 3.05) is 31.2 Å². The third-order valence-electron chi connectivity index (χ3n) is 6.45. The van der Waals surface area contributed by atoms with Gasteiger partial charge >= 0.3 is 0 Å². The van der Waals surface area contributed by atoms with E-state index < -0.39 is 10.5 Å². The Balaban J connectivity index is 1.61. The zero-order valence-corrected chi connectivity index (χ0v) is 21.5. The molecule has 0 atom stereocenters. The fraction of sp³-hybridized carbons (Fsp3) is 0.148. The van der Waals surface area contributed by atoms with Crippen LogP contribution in [0.4, 0.5) is 11.4 Å². The molecule has 38 heavy (non-hydrogen) atoms. The molecular formula is C27H20BrN5O5. The SMILES string of the molecule is O=c1c2ccccc2c(-c2cc(Br)cc(-c3cnco3)c2)nn1-c1cc(N2CCOCC2)ccc1[N+](=O)[O-]. The van der Waals surface area contributed by atoms with Crippen LogP contribution in [0.2, 0.25) is 0 Å². The molecule has 1 aliphatic rings. The van der Waals surface area contributed by atoms with Gasteiger partial charge in [0, 0.05) is 45.8 Å². The summed E-state index contributed by atoms with van der Waals surface area (Å²) in [7, 11) is 0. The predicted molar refractivity (Wildman–Crippen MR) is 146 cm³/mol. The molecule has 0 saturated carbocycles. The fourth-order valence-electron chi connectivity index (χ4n) is 4.65. The predicted octanol–water partition coefficient (Wildman–Crippen LogP) is 5.22. The first-order valence-electron chi connectivity index (χ1n) is 11.8. The van der Waals surface area contributed by atoms with E-state index in [2.05, 4.69) is 25.8 Å². The molecule has 0 N–H and O–H groups in total. The van der Waals surface area contributed by atoms with Crippen LogP contribution in [-0.4, -0.2) is 46.0 Å². The van der Waals surface area contributed by atoms with E-state index in [1.807, 2.05) is 30.3 Å². The Morgan fingerprint density at radius 3 is 2.47 bits per heavy atom. The maximum atomic E-state index is 13.7. The van der Waals surface area contributed by atoms with Crippen molar-refractivity contribution in [3.8, 4) is 28.3 Å². The van der Waals surface area contributed by atoms with E-state index in [0.717, 1.165) is 20.4 Å². The van der Waals surface area contributed by atoms with E-state index in [9.17, 15) is 14.9 Å². The van der Waals surface area contributed by atoms with Crippen molar-refractivity contribution in [3.05, 3.63) is 98.2 Å². The van der Waals surface area contributed by atoms with E-state index in [1.54, 1.807) is 30.5 Å². The number of ether oxygens (including phenoxy) is 1. The van der Waals surface area contributed by atoms with Crippen LogP contribution in [0.3, 0.4) is 0 Å². The summed E-state index contributed by atoms with van der Waals surface area (Å²) >= 11 is 3.56. The third kappa shape index (κ3) is 4.35. The Morgan fingerprint density at radius 1 is 0.974 bits per heavy atom. The van der Waals surface area contributed by atoms with Crippen molar-refractivity contribution in [1.82, 2.24) is 14.8 Å². The number of nitro benzene ring substituents is 1. The van der Waals surface area contributed by atoms with Crippen LogP contribution in [0.25, 0.3) is 39.0 Å². The molecule has 1 aliphatic heterocycles. The van der Waals surface area contributed by atoms with Crippen molar-refractivity contribution >= 4 is 38.1 Å². The van der Waals surface area contributed by atoms with Gasteiger partial charge in [0.2, 0.25) is 0 Å². The number of oxazole rings is 1. The van der Waals surface area contributed by atoms with Gasteiger partial charge in [-0.2, -0.15) is 9.78 Å². The summed E-state index contributed by atoms with van der Waals surface area (Å²) in [4.78, 5) is 31.3. The van der Waals surface area contributed by atoms with E-state index in [1.165, 1.54) is 12.5 Å². The lowest BCUT2D eigenvalue weighted by Crippen LogP contribution is -2.36. The summed E-state index contributed by atoms with van der Waals surface area (Å²) in [6.45, 7) is 2.40. The highest BCUT2D eigenvalue weighted by Crippen LogP contribution is 2.34. The number of halogens is 1. The summed E-state index contributed by atoms with van der Waals surface area (Å²) in [5.74, 6) is 0.569. The molecule has 11 heteroatoms. The first-order valence-corrected chi connectivity index (χ1v) is 12.6. The lowest BCUT2D eigenvalue weighted by Gasteiger charge is -2.29. The average molecular weight is 574 g/mol. The Hall–Kier alpha value is -4.35. The Morgan fingerprint density at radius 2 is 1.74 bits per heavy atom. The summed E-state index contributed by atoms with van der Waals surface area (Å²) in [6, 6.07) is 17.5. The van der Waals surface area contributed by atoms with Crippen LogP contribution in [0, 0.1) is 10.1 Å². The van der Waals surface area contributed by atoms with Crippen LogP contribution in [0.15, 0.2) is 86.9 Å². The van der Waals surface area contributed by atoms with Gasteiger partial charge in [-0.3, -0.25) is 14.9 Å². The highest BCUT2D eigenvalue weighted by Gasteiger charge is 2.23. The van der Waals surface area contributed by atoms with Crippen molar-refractivity contribution in [3.63, 3.8) is 0 Å². The zero-order valence-electron chi connectivity index (χ0n) is 19.9. The number of nitro groups is 1. The van der Waals surface area contributed by atoms with Crippen LogP contribution in [0.5, 0.6) is 0 Å². The summed E-state index contributed by atoms with van der Waals surface area (Å²) in [5.41, 5.74) is 2.15. The Bertz CT molecular complexity index is 1730. The van der Waals surface area contributed by atoms with Gasteiger partial charge in [0.1, 0.15) is 5.69 Å². The Kier molecular flexibility index (Phi) is 6.22. The van der Waals surface area contributed by atoms with Crippen LogP contribution < -0.4 is 10.5 Å². The normalized spacial score (nSPS) is 13.7. The minimum absolute atomic E-state index is 0.0986. The topological polar surface area (TPSA) is 117 Å². The average Bonchev–Trinajstić information content (AvgIpc) is 3.49. The molecule has 0 unspecified atom stereocenters. The summed E-state index contributed by atoms with van der Waals surface area (Å²) in [6.07, 6.45) is 2.96. The largest absolute Gasteiger partial charge is 0.444 e. The van der Waals surface area contributed by atoms with Crippen molar-refractivity contribution in [1.29, 1.82) is 0 Å². The quantitative estimate of drug-likeness (QED) is 0.207. The highest BCUT2D eigenvalue weighted by atomic mass is 79.9. The molecule has 3 heterocycles. The number of rotatable bonds is 5. The second kappa shape index (κ2) is 9.84. The summed E-state index contributed by atoms with van der Waals surface area (Å²) < 4.78 is 12.8. The van der Waals surface area contributed by atoms with Gasteiger partial charge in [-0.05, 0) is 36.4 Å². The number of fused-ring (bicyclic) bond motifs is 1. The van der Waals surface area contributed by atoms with Gasteiger partial charge in [-0.25, -0.2) is 4.98 Å². The molecule has 190 valence electrons. The molecule has 0 radical (unpaired) electrons. The second-order valence-electron chi connectivity index (χ2n) is 8.73. The van der Waals surface area contributed by atoms with Gasteiger partial charge in [0.05, 0.1) is 35.4 Å². The minimum atomic E-state index is -0.497. The molecule has 1 fully saturated rings. The van der Waals surface area contributed by atoms with Gasteiger partial charge in [0.25, 0.3) is 11.2 Å². The molecule has 0 aliphatic carbocycles. The first kappa shape index (κ1) is 24.0. The van der Waals surface area contributed by atoms with E-state index in [0.29, 0.717) is 54.1 Å². The van der Waals surface area contributed by atoms with Crippen molar-refractivity contribution in [2.24, 2.45) is 0 Å². The standard InChI is InChI=1S/C27H20BrN5O5/c28-19-12-17(25-15-29-16-38-25)11-18(13-19)26-21-3-1-2-4-22(21)27(34)32(30-26)24-14-20(5-6-23(24)33(35)36)31-7-9-37-10-8-31/h1-6,11-16H,7-10H2. The smallest absolute Gasteiger partial charge is 0.295 e. The molecule has 5 aromatic rings. The number of benzene rings is 3. The van der Waals surface area contributed by atoms with Gasteiger partial charge in [-0.1, -0.05) is 34.1 Å². The number of anilines is 1. The van der Waals surface area contributed by atoms with Crippen LogP contribution >= 0.6 is 15.9 Å². The Labute approximate surface area is 224 Å². The van der Waals surface area contributed by atoms with E-state index >= 15 is 0 Å². The minimum Gasteiger partial charge on any atom is -0.444 e. The van der Waals surface area contributed by atoms with Crippen LogP contribution in [0.1, 0.15) is 0 Å². The van der Waals surface area contributed by atoms with Crippen molar-refractivity contribution in [2.45, 2.75) is 0 Å². The van der Waals surface area contributed by atoms with Gasteiger partial charge in [0.15, 0.2) is 12.2 Å². The molecular weight excluding hydrogens is 554 g/mol. The second-order valence-corrected chi connectivity index (χ2v) is 9.65. The number of hydrogen-bond acceptors (Lipinski definition) is 8. The maximum Gasteiger partial charge on any atom is 0.295 e. The summed E-state index contributed by atoms with van der Waals surface area (Å²) in [5, 5.41) is 17.8. The number of morpholine rings is 1. The molecule has 1 saturated heterocycles. The van der Waals surface area contributed by atoms with Crippen LogP contribution in [-0.2, 0) is 4.74 Å². The van der Waals surface area contributed by atoms with E-state index in [-0.39, 0.29) is 11.4 Å². The number of hydrogen-bond donors (Lipinski definition) is 0. The molecule has 3 aromatic carbocycles. The maximum absolute atomic E-state index is 13.7. The van der Waals surface area contributed by atoms with Gasteiger partial charge < -0.3 is 14.1 Å². The molecule has 2 aromatic heterocycles. The highest BCUT2D eigenvalue weighted by molar-refractivity contribution is 9.10. The fourth-order valence-corrected chi connectivity index (χ4v) is 5.14. The zero-order chi connectivity index (χ0) is 26.2.